The molecule has 6 nitrogen and oxygen atoms in total. The second-order valence-corrected chi connectivity index (χ2v) is 7.94. The molecule has 0 aliphatic carbocycles. The van der Waals surface area contributed by atoms with Crippen LogP contribution in [0.4, 0.5) is 0 Å². The lowest BCUT2D eigenvalue weighted by Gasteiger charge is -2.34. The highest BCUT2D eigenvalue weighted by Gasteiger charge is 2.31. The highest BCUT2D eigenvalue weighted by atomic mass is 16.5. The molecule has 1 rings (SSSR count). The quantitative estimate of drug-likeness (QED) is 0.776. The summed E-state index contributed by atoms with van der Waals surface area (Å²) in [4.78, 5) is 26.7. The lowest BCUT2D eigenvalue weighted by molar-refractivity contribution is -0.143. The smallest absolute Gasteiger partial charge is 0.273 e. The fraction of sp³-hybridized carbons (Fsp3) is 0.737. The van der Waals surface area contributed by atoms with Gasteiger partial charge in [0.2, 0.25) is 5.91 Å². The third-order valence-electron chi connectivity index (χ3n) is 4.07. The molecule has 1 aromatic rings. The van der Waals surface area contributed by atoms with Gasteiger partial charge in [0.1, 0.15) is 0 Å². The van der Waals surface area contributed by atoms with Crippen LogP contribution >= 0.6 is 0 Å². The number of aromatic nitrogens is 1. The lowest BCUT2D eigenvalue weighted by Crippen LogP contribution is -2.45. The Labute approximate surface area is 151 Å². The number of carbonyl (C=O) groups is 2. The Balaban J connectivity index is 2.91. The van der Waals surface area contributed by atoms with Crippen LogP contribution < -0.4 is 5.32 Å². The van der Waals surface area contributed by atoms with Crippen molar-refractivity contribution in [1.29, 1.82) is 0 Å². The zero-order valence-corrected chi connectivity index (χ0v) is 16.7. The normalized spacial score (nSPS) is 11.9. The van der Waals surface area contributed by atoms with Crippen molar-refractivity contribution in [3.05, 3.63) is 17.5 Å². The van der Waals surface area contributed by atoms with Gasteiger partial charge in [-0.1, -0.05) is 53.6 Å². The molecule has 2 amide bonds. The molecule has 0 radical (unpaired) electrons. The van der Waals surface area contributed by atoms with Crippen LogP contribution in [0.15, 0.2) is 10.6 Å². The van der Waals surface area contributed by atoms with E-state index in [-0.39, 0.29) is 23.6 Å². The molecular formula is C19H33N3O3. The molecule has 0 aromatic carbocycles. The maximum absolute atomic E-state index is 12.8. The van der Waals surface area contributed by atoms with Crippen molar-refractivity contribution >= 4 is 11.8 Å². The number of hydrogen-bond acceptors (Lipinski definition) is 4. The molecule has 1 aromatic heterocycles. The van der Waals surface area contributed by atoms with E-state index in [0.717, 1.165) is 12.8 Å². The van der Waals surface area contributed by atoms with Crippen molar-refractivity contribution in [3.8, 4) is 0 Å². The molecule has 0 unspecified atom stereocenters. The van der Waals surface area contributed by atoms with Gasteiger partial charge >= 0.3 is 0 Å². The molecule has 1 N–H and O–H groups in total. The number of amides is 2. The maximum Gasteiger partial charge on any atom is 0.273 e. The van der Waals surface area contributed by atoms with Gasteiger partial charge < -0.3 is 14.7 Å². The van der Waals surface area contributed by atoms with Gasteiger partial charge in [0, 0.05) is 24.1 Å². The molecule has 0 fully saturated rings. The fourth-order valence-electron chi connectivity index (χ4n) is 2.58. The monoisotopic (exact) mass is 351 g/mol. The second-order valence-electron chi connectivity index (χ2n) is 7.94. The summed E-state index contributed by atoms with van der Waals surface area (Å²) in [6, 6.07) is 1.76. The molecule has 0 atom stereocenters. The van der Waals surface area contributed by atoms with E-state index in [4.69, 9.17) is 4.52 Å². The predicted octanol–water partition coefficient (Wildman–Crippen LogP) is 3.62. The molecule has 0 spiro atoms. The molecule has 0 aliphatic heterocycles. The van der Waals surface area contributed by atoms with Gasteiger partial charge in [-0.05, 0) is 18.8 Å². The minimum absolute atomic E-state index is 0.0726. The first-order valence-electron chi connectivity index (χ1n) is 9.14. The Morgan fingerprint density at radius 3 is 2.32 bits per heavy atom. The van der Waals surface area contributed by atoms with Crippen molar-refractivity contribution in [3.63, 3.8) is 0 Å². The molecular weight excluding hydrogens is 318 g/mol. The van der Waals surface area contributed by atoms with Crippen molar-refractivity contribution < 1.29 is 14.1 Å². The Morgan fingerprint density at radius 2 is 1.84 bits per heavy atom. The lowest BCUT2D eigenvalue weighted by atomic mass is 9.93. The van der Waals surface area contributed by atoms with E-state index in [1.165, 1.54) is 0 Å². The van der Waals surface area contributed by atoms with Crippen LogP contribution in [0.25, 0.3) is 0 Å². The highest BCUT2D eigenvalue weighted by molar-refractivity contribution is 5.92. The second kappa shape index (κ2) is 9.02. The summed E-state index contributed by atoms with van der Waals surface area (Å²) < 4.78 is 5.32. The first-order chi connectivity index (χ1) is 11.6. The summed E-state index contributed by atoms with van der Waals surface area (Å²) in [5.74, 6) is 0.715. The summed E-state index contributed by atoms with van der Waals surface area (Å²) in [6.45, 7) is 14.9. The summed E-state index contributed by atoms with van der Waals surface area (Å²) >= 11 is 0. The topological polar surface area (TPSA) is 75.4 Å². The van der Waals surface area contributed by atoms with Gasteiger partial charge in [0.15, 0.2) is 11.5 Å². The van der Waals surface area contributed by atoms with Crippen LogP contribution in [0.5, 0.6) is 0 Å². The number of nitrogens with zero attached hydrogens (tertiary/aromatic N) is 2. The predicted molar refractivity (Wildman–Crippen MR) is 98.0 cm³/mol. The molecule has 142 valence electrons. The van der Waals surface area contributed by atoms with Crippen LogP contribution in [0, 0.1) is 11.3 Å². The Bertz CT molecular complexity index is 569. The van der Waals surface area contributed by atoms with Gasteiger partial charge in [-0.2, -0.15) is 0 Å². The third kappa shape index (κ3) is 6.18. The van der Waals surface area contributed by atoms with E-state index in [1.54, 1.807) is 6.07 Å². The molecule has 25 heavy (non-hydrogen) atoms. The van der Waals surface area contributed by atoms with E-state index < -0.39 is 5.41 Å². The number of rotatable bonds is 8. The van der Waals surface area contributed by atoms with Crippen LogP contribution in [0.1, 0.15) is 77.6 Å². The Morgan fingerprint density at radius 1 is 1.24 bits per heavy atom. The summed E-state index contributed by atoms with van der Waals surface area (Å²) in [6.07, 6.45) is 1.74. The third-order valence-corrected chi connectivity index (χ3v) is 4.07. The summed E-state index contributed by atoms with van der Waals surface area (Å²) in [5, 5.41) is 6.67. The Kier molecular flexibility index (Phi) is 7.64. The maximum atomic E-state index is 12.8. The standard InChI is InChI=1S/C19H33N3O3/c1-8-14(9-2)22(18(24)19(5,6)7)12-15-10-16(21-25-15)17(23)20-11-13(3)4/h10,13-14H,8-9,11-12H2,1-7H3,(H,20,23). The van der Waals surface area contributed by atoms with Gasteiger partial charge in [-0.15, -0.1) is 0 Å². The molecule has 0 aliphatic rings. The van der Waals surface area contributed by atoms with E-state index in [0.29, 0.717) is 24.8 Å². The van der Waals surface area contributed by atoms with E-state index >= 15 is 0 Å². The molecule has 0 bridgehead atoms. The zero-order valence-electron chi connectivity index (χ0n) is 16.7. The van der Waals surface area contributed by atoms with Crippen LogP contribution in [-0.2, 0) is 11.3 Å². The number of nitrogens with one attached hydrogen (secondary N) is 1. The molecule has 0 saturated heterocycles. The zero-order chi connectivity index (χ0) is 19.2. The average Bonchev–Trinajstić information content (AvgIpc) is 2.99. The number of hydrogen-bond donors (Lipinski definition) is 1. The van der Waals surface area contributed by atoms with Gasteiger partial charge in [0.25, 0.3) is 5.91 Å². The van der Waals surface area contributed by atoms with Crippen LogP contribution in [0.2, 0.25) is 0 Å². The van der Waals surface area contributed by atoms with Gasteiger partial charge in [-0.3, -0.25) is 9.59 Å². The molecule has 1 heterocycles. The van der Waals surface area contributed by atoms with Crippen molar-refractivity contribution in [2.75, 3.05) is 6.54 Å². The largest absolute Gasteiger partial charge is 0.359 e. The number of carbonyl (C=O) groups excluding carboxylic acids is 2. The molecule has 0 saturated carbocycles. The summed E-state index contributed by atoms with van der Waals surface area (Å²) in [7, 11) is 0. The van der Waals surface area contributed by atoms with Crippen molar-refractivity contribution in [2.45, 2.75) is 73.9 Å². The first-order valence-corrected chi connectivity index (χ1v) is 9.14. The Hall–Kier alpha value is -1.85. The minimum atomic E-state index is -0.472. The van der Waals surface area contributed by atoms with Crippen LogP contribution in [0.3, 0.4) is 0 Å². The van der Waals surface area contributed by atoms with Crippen molar-refractivity contribution in [2.24, 2.45) is 11.3 Å². The fourth-order valence-corrected chi connectivity index (χ4v) is 2.58. The van der Waals surface area contributed by atoms with Crippen molar-refractivity contribution in [1.82, 2.24) is 15.4 Å². The average molecular weight is 351 g/mol. The van der Waals surface area contributed by atoms with Gasteiger partial charge in [0.05, 0.1) is 6.54 Å². The van der Waals surface area contributed by atoms with Gasteiger partial charge in [-0.25, -0.2) is 0 Å². The molecule has 6 heteroatoms. The van der Waals surface area contributed by atoms with E-state index in [2.05, 4.69) is 24.3 Å². The van der Waals surface area contributed by atoms with E-state index in [1.807, 2.05) is 39.5 Å². The van der Waals surface area contributed by atoms with E-state index in [9.17, 15) is 9.59 Å². The minimum Gasteiger partial charge on any atom is -0.359 e. The first kappa shape index (κ1) is 21.2. The SMILES string of the molecule is CCC(CC)N(Cc1cc(C(=O)NCC(C)C)no1)C(=O)C(C)(C)C. The van der Waals surface area contributed by atoms with Crippen LogP contribution in [-0.4, -0.2) is 34.5 Å². The highest BCUT2D eigenvalue weighted by Crippen LogP contribution is 2.24. The summed E-state index contributed by atoms with van der Waals surface area (Å²) in [5.41, 5.74) is -0.219.